The predicted octanol–water partition coefficient (Wildman–Crippen LogP) is 9.84. The molecule has 1 atom stereocenters. The number of allylic oxidation sites excluding steroid dienone is 4. The van der Waals surface area contributed by atoms with Crippen molar-refractivity contribution in [3.8, 4) is 33.9 Å². The van der Waals surface area contributed by atoms with Crippen molar-refractivity contribution in [3.05, 3.63) is 168 Å². The van der Waals surface area contributed by atoms with E-state index in [1.165, 1.54) is 27.8 Å². The third-order valence-electron chi connectivity index (χ3n) is 9.69. The number of hydrogen-bond donors (Lipinski definition) is 2. The van der Waals surface area contributed by atoms with Crippen LogP contribution in [-0.4, -0.2) is 15.0 Å². The van der Waals surface area contributed by atoms with E-state index in [0.717, 1.165) is 40.1 Å². The summed E-state index contributed by atoms with van der Waals surface area (Å²) in [6, 6.07) is 42.1. The fourth-order valence-electron chi connectivity index (χ4n) is 7.16. The minimum absolute atomic E-state index is 0.126. The molecule has 0 saturated carbocycles. The third-order valence-corrected chi connectivity index (χ3v) is 9.69. The van der Waals surface area contributed by atoms with Gasteiger partial charge in [-0.25, -0.2) is 15.0 Å². The Hall–Kier alpha value is -5.65. The second-order valence-electron chi connectivity index (χ2n) is 13.0. The molecule has 5 aromatic carbocycles. The van der Waals surface area contributed by atoms with Gasteiger partial charge in [0.1, 0.15) is 0 Å². The van der Waals surface area contributed by atoms with Gasteiger partial charge in [0.25, 0.3) is 0 Å². The van der Waals surface area contributed by atoms with E-state index < -0.39 is 0 Å². The molecule has 0 saturated heterocycles. The van der Waals surface area contributed by atoms with E-state index in [4.69, 9.17) is 20.7 Å². The first kappa shape index (κ1) is 29.7. The van der Waals surface area contributed by atoms with Crippen molar-refractivity contribution < 1.29 is 0 Å². The molecule has 0 bridgehead atoms. The number of aromatic nitrogens is 3. The Balaban J connectivity index is 1.04. The first-order chi connectivity index (χ1) is 23.5. The summed E-state index contributed by atoms with van der Waals surface area (Å²) < 4.78 is 0. The summed E-state index contributed by atoms with van der Waals surface area (Å²) in [5, 5.41) is 3.78. The van der Waals surface area contributed by atoms with E-state index in [2.05, 4.69) is 98.1 Å². The number of nitrogens with zero attached hydrogens (tertiary/aromatic N) is 3. The largest absolute Gasteiger partial charge is 0.355 e. The summed E-state index contributed by atoms with van der Waals surface area (Å²) in [4.78, 5) is 14.6. The molecule has 8 rings (SSSR count). The molecule has 5 heteroatoms. The molecule has 0 spiro atoms. The van der Waals surface area contributed by atoms with E-state index in [1.807, 2.05) is 60.7 Å². The van der Waals surface area contributed by atoms with Crippen molar-refractivity contribution >= 4 is 16.9 Å². The highest BCUT2D eigenvalue weighted by molar-refractivity contribution is 5.88. The SMILES string of the molecule is CC1(C)c2ccccc2-c2ccc(CN)c(Nc3ccc(C4C=CC(c5nc(-c6ccccc6)nc(-c6ccccc6)n5)=CC4)cc3)c21. The highest BCUT2D eigenvalue weighted by atomic mass is 15.0. The van der Waals surface area contributed by atoms with Crippen LogP contribution in [0.4, 0.5) is 11.4 Å². The molecule has 0 fully saturated rings. The fraction of sp³-hybridized carbons (Fsp3) is 0.140. The molecule has 0 amide bonds. The van der Waals surface area contributed by atoms with Crippen LogP contribution in [0.5, 0.6) is 0 Å². The molecule has 2 aliphatic carbocycles. The first-order valence-electron chi connectivity index (χ1n) is 16.6. The Morgan fingerprint density at radius 2 is 1.31 bits per heavy atom. The standard InChI is InChI=1S/C43H37N5/c1-43(2)37-16-10-9-15-35(37)36-26-23-33(27-44)39(38(36)43)45-34-24-21-29(22-25-34)28-17-19-32(20-18-28)42-47-40(30-11-5-3-6-12-30)46-41(48-42)31-13-7-4-8-14-31/h3-17,19-26,28,45H,18,27,44H2,1-2H3. The highest BCUT2D eigenvalue weighted by Gasteiger charge is 2.38. The maximum atomic E-state index is 6.28. The van der Waals surface area contributed by atoms with E-state index in [0.29, 0.717) is 24.0 Å². The van der Waals surface area contributed by atoms with Gasteiger partial charge in [0.15, 0.2) is 17.5 Å². The summed E-state index contributed by atoms with van der Waals surface area (Å²) in [6.07, 6.45) is 7.53. The normalized spacial score (nSPS) is 15.8. The van der Waals surface area contributed by atoms with Crippen LogP contribution in [0.3, 0.4) is 0 Å². The summed E-state index contributed by atoms with van der Waals surface area (Å²) in [5.41, 5.74) is 18.9. The number of rotatable bonds is 7. The van der Waals surface area contributed by atoms with Crippen molar-refractivity contribution in [2.75, 3.05) is 5.32 Å². The smallest absolute Gasteiger partial charge is 0.164 e. The van der Waals surface area contributed by atoms with Crippen molar-refractivity contribution in [1.29, 1.82) is 0 Å². The van der Waals surface area contributed by atoms with Crippen molar-refractivity contribution in [1.82, 2.24) is 15.0 Å². The van der Waals surface area contributed by atoms with Crippen LogP contribution < -0.4 is 11.1 Å². The lowest BCUT2D eigenvalue weighted by atomic mass is 9.80. The number of nitrogens with one attached hydrogen (secondary N) is 1. The Morgan fingerprint density at radius 3 is 1.94 bits per heavy atom. The van der Waals surface area contributed by atoms with Gasteiger partial charge < -0.3 is 11.1 Å². The van der Waals surface area contributed by atoms with E-state index in [1.54, 1.807) is 0 Å². The van der Waals surface area contributed by atoms with Crippen molar-refractivity contribution in [2.24, 2.45) is 5.73 Å². The van der Waals surface area contributed by atoms with Crippen LogP contribution >= 0.6 is 0 Å². The fourth-order valence-corrected chi connectivity index (χ4v) is 7.16. The monoisotopic (exact) mass is 623 g/mol. The van der Waals surface area contributed by atoms with Gasteiger partial charge in [0.2, 0.25) is 0 Å². The van der Waals surface area contributed by atoms with E-state index in [9.17, 15) is 0 Å². The lowest BCUT2D eigenvalue weighted by molar-refractivity contribution is 0.661. The Morgan fingerprint density at radius 1 is 0.688 bits per heavy atom. The molecule has 0 aliphatic heterocycles. The minimum atomic E-state index is -0.126. The van der Waals surface area contributed by atoms with Crippen LogP contribution in [0.1, 0.15) is 54.3 Å². The summed E-state index contributed by atoms with van der Waals surface area (Å²) in [7, 11) is 0. The average molecular weight is 624 g/mol. The Labute approximate surface area is 282 Å². The average Bonchev–Trinajstić information content (AvgIpc) is 3.39. The number of benzene rings is 5. The molecule has 234 valence electrons. The highest BCUT2D eigenvalue weighted by Crippen LogP contribution is 2.52. The van der Waals surface area contributed by atoms with Crippen LogP contribution in [0.25, 0.3) is 39.5 Å². The molecular weight excluding hydrogens is 587 g/mol. The molecule has 6 aromatic rings. The number of hydrogen-bond acceptors (Lipinski definition) is 5. The molecule has 1 heterocycles. The van der Waals surface area contributed by atoms with E-state index >= 15 is 0 Å². The summed E-state index contributed by atoms with van der Waals surface area (Å²) in [6.45, 7) is 5.10. The van der Waals surface area contributed by atoms with Crippen LogP contribution in [0, 0.1) is 0 Å². The lowest BCUT2D eigenvalue weighted by Crippen LogP contribution is -2.18. The zero-order chi connectivity index (χ0) is 32.7. The van der Waals surface area contributed by atoms with Crippen LogP contribution in [-0.2, 0) is 12.0 Å². The molecular formula is C43H37N5. The van der Waals surface area contributed by atoms with Crippen molar-refractivity contribution in [2.45, 2.75) is 38.1 Å². The second-order valence-corrected chi connectivity index (χ2v) is 13.0. The van der Waals surface area contributed by atoms with Gasteiger partial charge in [-0.3, -0.25) is 0 Å². The van der Waals surface area contributed by atoms with Gasteiger partial charge in [-0.2, -0.15) is 0 Å². The van der Waals surface area contributed by atoms with Crippen LogP contribution in [0.2, 0.25) is 0 Å². The zero-order valence-corrected chi connectivity index (χ0v) is 27.2. The molecule has 3 N–H and O–H groups in total. The van der Waals surface area contributed by atoms with Gasteiger partial charge in [-0.15, -0.1) is 0 Å². The summed E-state index contributed by atoms with van der Waals surface area (Å²) in [5.74, 6) is 2.30. The van der Waals surface area contributed by atoms with Gasteiger partial charge in [0.05, 0.1) is 0 Å². The second kappa shape index (κ2) is 12.2. The topological polar surface area (TPSA) is 76.7 Å². The minimum Gasteiger partial charge on any atom is -0.355 e. The van der Waals surface area contributed by atoms with Crippen LogP contribution in [0.15, 0.2) is 140 Å². The maximum Gasteiger partial charge on any atom is 0.164 e. The van der Waals surface area contributed by atoms with Gasteiger partial charge >= 0.3 is 0 Å². The molecule has 1 aromatic heterocycles. The Kier molecular flexibility index (Phi) is 7.54. The molecule has 5 nitrogen and oxygen atoms in total. The quantitative estimate of drug-likeness (QED) is 0.185. The number of nitrogens with two attached hydrogens (primary N) is 1. The number of fused-ring (bicyclic) bond motifs is 3. The predicted molar refractivity (Wildman–Crippen MR) is 197 cm³/mol. The lowest BCUT2D eigenvalue weighted by Gasteiger charge is -2.26. The third kappa shape index (κ3) is 5.32. The zero-order valence-electron chi connectivity index (χ0n) is 27.2. The molecule has 48 heavy (non-hydrogen) atoms. The maximum absolute atomic E-state index is 6.28. The molecule has 0 radical (unpaired) electrons. The first-order valence-corrected chi connectivity index (χ1v) is 16.6. The Bertz CT molecular complexity index is 2120. The number of anilines is 2. The van der Waals surface area contributed by atoms with Crippen molar-refractivity contribution in [3.63, 3.8) is 0 Å². The molecule has 1 unspecified atom stereocenters. The summed E-state index contributed by atoms with van der Waals surface area (Å²) >= 11 is 0. The van der Waals surface area contributed by atoms with Gasteiger partial charge in [0, 0.05) is 46.0 Å². The van der Waals surface area contributed by atoms with E-state index in [-0.39, 0.29) is 11.3 Å². The van der Waals surface area contributed by atoms with Gasteiger partial charge in [-0.1, -0.05) is 141 Å². The molecule has 2 aliphatic rings. The van der Waals surface area contributed by atoms with Gasteiger partial charge in [-0.05, 0) is 51.9 Å².